The van der Waals surface area contributed by atoms with Crippen LogP contribution in [0.3, 0.4) is 0 Å². The van der Waals surface area contributed by atoms with Gasteiger partial charge in [-0.1, -0.05) is 29.3 Å². The summed E-state index contributed by atoms with van der Waals surface area (Å²) in [5, 5.41) is 3.48. The van der Waals surface area contributed by atoms with Gasteiger partial charge in [0.1, 0.15) is 5.75 Å². The van der Waals surface area contributed by atoms with Gasteiger partial charge in [-0.15, -0.1) is 13.2 Å². The molecule has 32 heavy (non-hydrogen) atoms. The molecule has 0 radical (unpaired) electrons. The summed E-state index contributed by atoms with van der Waals surface area (Å²) in [7, 11) is 0. The molecule has 0 bridgehead atoms. The van der Waals surface area contributed by atoms with Gasteiger partial charge in [0.05, 0.1) is 15.7 Å². The van der Waals surface area contributed by atoms with E-state index in [1.165, 1.54) is 12.1 Å². The van der Waals surface area contributed by atoms with Crippen molar-refractivity contribution in [1.29, 1.82) is 0 Å². The minimum atomic E-state index is -4.69. The minimum Gasteiger partial charge on any atom is -0.406 e. The predicted octanol–water partition coefficient (Wildman–Crippen LogP) is 4.93. The predicted molar refractivity (Wildman–Crippen MR) is 118 cm³/mol. The monoisotopic (exact) mass is 488 g/mol. The molecule has 6 nitrogen and oxygen atoms in total. The summed E-state index contributed by atoms with van der Waals surface area (Å²) in [6.07, 6.45) is -4.69. The first kappa shape index (κ1) is 22.8. The molecule has 0 spiro atoms. The fourth-order valence-electron chi connectivity index (χ4n) is 3.85. The maximum atomic E-state index is 12.4. The lowest BCUT2D eigenvalue weighted by molar-refractivity contribution is -0.274. The fourth-order valence-corrected chi connectivity index (χ4v) is 4.20. The molecule has 2 saturated heterocycles. The highest BCUT2D eigenvalue weighted by atomic mass is 35.5. The number of urea groups is 1. The van der Waals surface area contributed by atoms with Crippen LogP contribution in [0.25, 0.3) is 0 Å². The second kappa shape index (κ2) is 9.25. The number of benzene rings is 2. The summed E-state index contributed by atoms with van der Waals surface area (Å²) in [5.41, 5.74) is 1.33. The van der Waals surface area contributed by atoms with Crippen LogP contribution in [0.1, 0.15) is 0 Å². The molecule has 0 saturated carbocycles. The van der Waals surface area contributed by atoms with E-state index in [9.17, 15) is 18.0 Å². The van der Waals surface area contributed by atoms with E-state index in [0.29, 0.717) is 28.8 Å². The Morgan fingerprint density at radius 2 is 1.66 bits per heavy atom. The molecule has 2 aromatic rings. The van der Waals surface area contributed by atoms with Crippen LogP contribution in [0, 0.1) is 0 Å². The van der Waals surface area contributed by atoms with E-state index in [2.05, 4.69) is 19.9 Å². The van der Waals surface area contributed by atoms with E-state index >= 15 is 0 Å². The number of nitrogens with one attached hydrogen (secondary N) is 1. The zero-order valence-corrected chi connectivity index (χ0v) is 18.4. The molecular formula is C21H21Cl2F3N4O2. The zero-order chi connectivity index (χ0) is 22.9. The van der Waals surface area contributed by atoms with Crippen molar-refractivity contribution >= 4 is 40.6 Å². The molecule has 2 fully saturated rings. The van der Waals surface area contributed by atoms with Crippen molar-refractivity contribution in [3.05, 3.63) is 52.5 Å². The van der Waals surface area contributed by atoms with Gasteiger partial charge in [-0.25, -0.2) is 4.79 Å². The molecule has 1 N–H and O–H groups in total. The van der Waals surface area contributed by atoms with E-state index in [0.717, 1.165) is 31.9 Å². The van der Waals surface area contributed by atoms with Crippen molar-refractivity contribution in [3.63, 3.8) is 0 Å². The average Bonchev–Trinajstić information content (AvgIpc) is 2.70. The van der Waals surface area contributed by atoms with Crippen molar-refractivity contribution in [2.24, 2.45) is 0 Å². The maximum Gasteiger partial charge on any atom is 0.573 e. The number of likely N-dealkylation sites (tertiary alicyclic amines) is 1. The molecule has 2 aliphatic heterocycles. The smallest absolute Gasteiger partial charge is 0.406 e. The first-order chi connectivity index (χ1) is 15.2. The SMILES string of the molecule is O=C(Nc1cccc(Cl)c1Cl)N1CC(N2CCN(c3ccc(OC(F)(F)F)cc3)CC2)C1. The van der Waals surface area contributed by atoms with Gasteiger partial charge in [-0.05, 0) is 36.4 Å². The number of halogens is 5. The van der Waals surface area contributed by atoms with Gasteiger partial charge in [0.25, 0.3) is 0 Å². The number of amides is 2. The first-order valence-electron chi connectivity index (χ1n) is 10.0. The highest BCUT2D eigenvalue weighted by Crippen LogP contribution is 2.30. The molecular weight excluding hydrogens is 468 g/mol. The molecule has 0 aromatic heterocycles. The second-order valence-electron chi connectivity index (χ2n) is 7.66. The van der Waals surface area contributed by atoms with Crippen LogP contribution in [0.4, 0.5) is 29.3 Å². The molecule has 0 unspecified atom stereocenters. The van der Waals surface area contributed by atoms with E-state index < -0.39 is 6.36 Å². The van der Waals surface area contributed by atoms with Gasteiger partial charge in [0, 0.05) is 51.0 Å². The van der Waals surface area contributed by atoms with Crippen molar-refractivity contribution in [2.75, 3.05) is 49.5 Å². The largest absolute Gasteiger partial charge is 0.573 e. The lowest BCUT2D eigenvalue weighted by Crippen LogP contribution is -2.64. The number of rotatable bonds is 4. The Hall–Kier alpha value is -2.36. The van der Waals surface area contributed by atoms with E-state index in [4.69, 9.17) is 23.2 Å². The van der Waals surface area contributed by atoms with E-state index in [-0.39, 0.29) is 17.8 Å². The number of carbonyl (C=O) groups is 1. The molecule has 4 rings (SSSR count). The normalized spacial score (nSPS) is 17.8. The average molecular weight is 489 g/mol. The quantitative estimate of drug-likeness (QED) is 0.662. The second-order valence-corrected chi connectivity index (χ2v) is 8.44. The Balaban J connectivity index is 1.23. The molecule has 2 heterocycles. The maximum absolute atomic E-state index is 12.4. The van der Waals surface area contributed by atoms with Crippen LogP contribution in [-0.2, 0) is 0 Å². The highest BCUT2D eigenvalue weighted by Gasteiger charge is 2.36. The summed E-state index contributed by atoms with van der Waals surface area (Å²) in [5.74, 6) is -0.230. The van der Waals surface area contributed by atoms with Crippen molar-refractivity contribution < 1.29 is 22.7 Å². The Morgan fingerprint density at radius 3 is 2.28 bits per heavy atom. The van der Waals surface area contributed by atoms with Gasteiger partial charge >= 0.3 is 12.4 Å². The molecule has 0 aliphatic carbocycles. The van der Waals surface area contributed by atoms with Crippen LogP contribution in [0.5, 0.6) is 5.75 Å². The van der Waals surface area contributed by atoms with Gasteiger partial charge in [-0.3, -0.25) is 4.90 Å². The van der Waals surface area contributed by atoms with Gasteiger partial charge in [0.2, 0.25) is 0 Å². The Labute approximate surface area is 193 Å². The number of hydrogen-bond donors (Lipinski definition) is 1. The standard InChI is InChI=1S/C21H21Cl2F3N4O2/c22-17-2-1-3-18(19(17)23)27-20(31)30-12-15(13-30)29-10-8-28(9-11-29)14-4-6-16(7-5-14)32-21(24,25)26/h1-7,15H,8-13H2,(H,27,31). The number of piperazine rings is 1. The molecule has 172 valence electrons. The third-order valence-electron chi connectivity index (χ3n) is 5.61. The number of alkyl halides is 3. The van der Waals surface area contributed by atoms with Crippen LogP contribution in [0.15, 0.2) is 42.5 Å². The number of carbonyl (C=O) groups excluding carboxylic acids is 1. The van der Waals surface area contributed by atoms with Crippen molar-refractivity contribution in [2.45, 2.75) is 12.4 Å². The third kappa shape index (κ3) is 5.33. The Morgan fingerprint density at radius 1 is 1.00 bits per heavy atom. The zero-order valence-electron chi connectivity index (χ0n) is 16.9. The number of nitrogens with zero attached hydrogens (tertiary/aromatic N) is 3. The molecule has 2 amide bonds. The highest BCUT2D eigenvalue weighted by molar-refractivity contribution is 6.43. The summed E-state index contributed by atoms with van der Waals surface area (Å²) in [6.45, 7) is 4.35. The molecule has 0 atom stereocenters. The first-order valence-corrected chi connectivity index (χ1v) is 10.8. The molecule has 2 aromatic carbocycles. The lowest BCUT2D eigenvalue weighted by Gasteiger charge is -2.48. The number of anilines is 2. The van der Waals surface area contributed by atoms with Crippen LogP contribution < -0.4 is 15.0 Å². The Kier molecular flexibility index (Phi) is 6.60. The summed E-state index contributed by atoms with van der Waals surface area (Å²) in [6, 6.07) is 11.0. The van der Waals surface area contributed by atoms with Crippen LogP contribution in [0.2, 0.25) is 10.0 Å². The minimum absolute atomic E-state index is 0.217. The van der Waals surface area contributed by atoms with Crippen molar-refractivity contribution in [1.82, 2.24) is 9.80 Å². The van der Waals surface area contributed by atoms with Crippen LogP contribution in [-0.4, -0.2) is 67.5 Å². The van der Waals surface area contributed by atoms with E-state index in [1.54, 1.807) is 35.2 Å². The van der Waals surface area contributed by atoms with Crippen molar-refractivity contribution in [3.8, 4) is 5.75 Å². The molecule has 11 heteroatoms. The summed E-state index contributed by atoms with van der Waals surface area (Å²) < 4.78 is 40.8. The summed E-state index contributed by atoms with van der Waals surface area (Å²) in [4.78, 5) is 18.6. The number of hydrogen-bond acceptors (Lipinski definition) is 4. The third-order valence-corrected chi connectivity index (χ3v) is 6.43. The van der Waals surface area contributed by atoms with Gasteiger partial charge < -0.3 is 19.9 Å². The van der Waals surface area contributed by atoms with Gasteiger partial charge in [-0.2, -0.15) is 0 Å². The fraction of sp³-hybridized carbons (Fsp3) is 0.381. The number of ether oxygens (including phenoxy) is 1. The van der Waals surface area contributed by atoms with E-state index in [1.807, 2.05) is 0 Å². The summed E-state index contributed by atoms with van der Waals surface area (Å²) >= 11 is 12.1. The lowest BCUT2D eigenvalue weighted by atomic mass is 10.1. The van der Waals surface area contributed by atoms with Crippen LogP contribution >= 0.6 is 23.2 Å². The Bertz CT molecular complexity index is 961. The topological polar surface area (TPSA) is 48.1 Å². The molecule has 2 aliphatic rings. The van der Waals surface area contributed by atoms with Gasteiger partial charge in [0.15, 0.2) is 0 Å².